The number of halogens is 8. The van der Waals surface area contributed by atoms with Crippen molar-refractivity contribution in [3.05, 3.63) is 65.0 Å². The van der Waals surface area contributed by atoms with Crippen LogP contribution in [0.2, 0.25) is 0 Å². The van der Waals surface area contributed by atoms with Gasteiger partial charge in [0.1, 0.15) is 5.84 Å². The lowest BCUT2D eigenvalue weighted by atomic mass is 10.0. The maximum Gasteiger partial charge on any atom is 0.490 e. The summed E-state index contributed by atoms with van der Waals surface area (Å²) < 4.78 is 110. The van der Waals surface area contributed by atoms with Crippen molar-refractivity contribution in [1.29, 1.82) is 5.41 Å². The van der Waals surface area contributed by atoms with Crippen LogP contribution in [-0.4, -0.2) is 30.2 Å². The van der Waals surface area contributed by atoms with Crippen molar-refractivity contribution in [1.82, 2.24) is 0 Å². The molecule has 0 amide bonds. The largest absolute Gasteiger partial charge is 0.493 e. The molecule has 0 fully saturated rings. The van der Waals surface area contributed by atoms with Crippen molar-refractivity contribution >= 4 is 22.6 Å². The van der Waals surface area contributed by atoms with E-state index in [4.69, 9.17) is 30.5 Å². The minimum absolute atomic E-state index is 0.0212. The molecule has 0 saturated heterocycles. The molecule has 0 aliphatic rings. The van der Waals surface area contributed by atoms with Crippen molar-refractivity contribution < 1.29 is 54.5 Å². The number of carbonyl (C=O) groups is 1. The van der Waals surface area contributed by atoms with Crippen LogP contribution in [-0.2, 0) is 4.79 Å². The SMILES string of the molecule is COc1ccc2ccc(C(=N)N)cc2c1Oc1c(F)c(F)c(F)c(F)c1F.O=C(O)C(F)(F)F. The smallest absolute Gasteiger partial charge is 0.490 e. The Morgan fingerprint density at radius 1 is 0.912 bits per heavy atom. The predicted octanol–water partition coefficient (Wildman–Crippen LogP) is 5.25. The number of hydrogen-bond acceptors (Lipinski definition) is 4. The number of aliphatic carboxylic acids is 1. The van der Waals surface area contributed by atoms with Gasteiger partial charge in [0.25, 0.3) is 0 Å². The van der Waals surface area contributed by atoms with Gasteiger partial charge in [-0.15, -0.1) is 0 Å². The summed E-state index contributed by atoms with van der Waals surface area (Å²) in [6, 6.07) is 7.44. The number of nitrogen functional groups attached to an aromatic ring is 1. The second-order valence-electron chi connectivity index (χ2n) is 6.25. The number of carboxylic acid groups (broad SMARTS) is 1. The summed E-state index contributed by atoms with van der Waals surface area (Å²) in [5.74, 6) is -15.6. The topological polar surface area (TPSA) is 106 Å². The van der Waals surface area contributed by atoms with Gasteiger partial charge >= 0.3 is 12.1 Å². The van der Waals surface area contributed by atoms with E-state index in [1.165, 1.54) is 25.3 Å². The van der Waals surface area contributed by atoms with Crippen molar-refractivity contribution in [3.63, 3.8) is 0 Å². The Bertz CT molecular complexity index is 1250. The maximum atomic E-state index is 14.0. The monoisotopic (exact) mass is 496 g/mol. The van der Waals surface area contributed by atoms with Gasteiger partial charge in [-0.2, -0.15) is 22.0 Å². The van der Waals surface area contributed by atoms with Gasteiger partial charge in [0.15, 0.2) is 11.5 Å². The Labute approximate surface area is 184 Å². The molecule has 3 aromatic carbocycles. The molecule has 0 aliphatic heterocycles. The number of benzene rings is 3. The molecule has 0 atom stereocenters. The second-order valence-corrected chi connectivity index (χ2v) is 6.25. The highest BCUT2D eigenvalue weighted by Gasteiger charge is 2.38. The first-order chi connectivity index (χ1) is 15.7. The molecule has 0 aliphatic carbocycles. The van der Waals surface area contributed by atoms with Gasteiger partial charge < -0.3 is 20.3 Å². The van der Waals surface area contributed by atoms with Crippen molar-refractivity contribution in [2.75, 3.05) is 7.11 Å². The van der Waals surface area contributed by atoms with Gasteiger partial charge in [0, 0.05) is 10.9 Å². The van der Waals surface area contributed by atoms with Crippen LogP contribution in [0.25, 0.3) is 10.8 Å². The fourth-order valence-corrected chi connectivity index (χ4v) is 2.48. The Morgan fingerprint density at radius 2 is 1.38 bits per heavy atom. The molecule has 0 radical (unpaired) electrons. The van der Waals surface area contributed by atoms with Crippen LogP contribution in [0.15, 0.2) is 30.3 Å². The molecule has 0 spiro atoms. The Hall–Kier alpha value is -4.10. The van der Waals surface area contributed by atoms with E-state index in [1.807, 2.05) is 0 Å². The molecular formula is C20H12F8N2O4. The molecule has 0 aromatic heterocycles. The van der Waals surface area contributed by atoms with Gasteiger partial charge in [-0.1, -0.05) is 18.2 Å². The van der Waals surface area contributed by atoms with E-state index in [0.29, 0.717) is 5.39 Å². The van der Waals surface area contributed by atoms with Gasteiger partial charge in [-0.25, -0.2) is 18.0 Å². The lowest BCUT2D eigenvalue weighted by Crippen LogP contribution is -2.21. The third-order valence-corrected chi connectivity index (χ3v) is 4.08. The molecule has 0 bridgehead atoms. The number of nitrogens with two attached hydrogens (primary N) is 1. The molecule has 3 rings (SSSR count). The molecule has 182 valence electrons. The highest BCUT2D eigenvalue weighted by atomic mass is 19.4. The summed E-state index contributed by atoms with van der Waals surface area (Å²) in [5.41, 5.74) is 5.70. The Balaban J connectivity index is 0.000000509. The van der Waals surface area contributed by atoms with E-state index in [9.17, 15) is 35.1 Å². The lowest BCUT2D eigenvalue weighted by molar-refractivity contribution is -0.192. The number of amidine groups is 1. The molecule has 4 N–H and O–H groups in total. The molecule has 14 heteroatoms. The number of ether oxygens (including phenoxy) is 2. The quantitative estimate of drug-likeness (QED) is 0.150. The maximum absolute atomic E-state index is 14.0. The average molecular weight is 496 g/mol. The van der Waals surface area contributed by atoms with E-state index in [-0.39, 0.29) is 28.3 Å². The van der Waals surface area contributed by atoms with Crippen LogP contribution in [0.3, 0.4) is 0 Å². The average Bonchev–Trinajstić information content (AvgIpc) is 2.78. The Morgan fingerprint density at radius 3 is 1.82 bits per heavy atom. The number of fused-ring (bicyclic) bond motifs is 1. The molecule has 6 nitrogen and oxygen atoms in total. The summed E-state index contributed by atoms with van der Waals surface area (Å²) in [7, 11) is 1.24. The van der Waals surface area contributed by atoms with E-state index in [1.54, 1.807) is 12.1 Å². The zero-order valence-corrected chi connectivity index (χ0v) is 16.7. The van der Waals surface area contributed by atoms with Crippen LogP contribution < -0.4 is 15.2 Å². The van der Waals surface area contributed by atoms with E-state index in [0.717, 1.165) is 0 Å². The fraction of sp³-hybridized carbons (Fsp3) is 0.100. The summed E-state index contributed by atoms with van der Waals surface area (Å²) in [6.07, 6.45) is -5.08. The number of rotatable bonds is 4. The second kappa shape index (κ2) is 9.80. The highest BCUT2D eigenvalue weighted by molar-refractivity contribution is 6.01. The zero-order chi connectivity index (χ0) is 26.0. The molecule has 0 saturated carbocycles. The van der Waals surface area contributed by atoms with Crippen molar-refractivity contribution in [2.45, 2.75) is 6.18 Å². The summed E-state index contributed by atoms with van der Waals surface area (Å²) >= 11 is 0. The number of methoxy groups -OCH3 is 1. The summed E-state index contributed by atoms with van der Waals surface area (Å²) in [6.45, 7) is 0. The minimum Gasteiger partial charge on any atom is -0.493 e. The van der Waals surface area contributed by atoms with Gasteiger partial charge in [-0.3, -0.25) is 5.41 Å². The molecular weight excluding hydrogens is 484 g/mol. The van der Waals surface area contributed by atoms with Gasteiger partial charge in [-0.05, 0) is 17.5 Å². The first kappa shape index (κ1) is 26.2. The first-order valence-electron chi connectivity index (χ1n) is 8.65. The van der Waals surface area contributed by atoms with Crippen LogP contribution >= 0.6 is 0 Å². The number of carboxylic acids is 1. The summed E-state index contributed by atoms with van der Waals surface area (Å²) in [4.78, 5) is 8.90. The molecule has 0 unspecified atom stereocenters. The van der Waals surface area contributed by atoms with Gasteiger partial charge in [0.05, 0.1) is 7.11 Å². The third kappa shape index (κ3) is 5.27. The van der Waals surface area contributed by atoms with E-state index >= 15 is 0 Å². The fourth-order valence-electron chi connectivity index (χ4n) is 2.48. The van der Waals surface area contributed by atoms with E-state index in [2.05, 4.69) is 0 Å². The van der Waals surface area contributed by atoms with Crippen LogP contribution in [0.4, 0.5) is 35.1 Å². The van der Waals surface area contributed by atoms with Gasteiger partial charge in [0.2, 0.25) is 34.8 Å². The van der Waals surface area contributed by atoms with Crippen molar-refractivity contribution in [2.24, 2.45) is 5.73 Å². The highest BCUT2D eigenvalue weighted by Crippen LogP contribution is 2.41. The zero-order valence-electron chi connectivity index (χ0n) is 16.7. The van der Waals surface area contributed by atoms with Crippen LogP contribution in [0.5, 0.6) is 17.2 Å². The third-order valence-electron chi connectivity index (χ3n) is 4.08. The number of alkyl halides is 3. The molecule has 34 heavy (non-hydrogen) atoms. The van der Waals surface area contributed by atoms with Crippen LogP contribution in [0.1, 0.15) is 5.56 Å². The molecule has 3 aromatic rings. The first-order valence-corrected chi connectivity index (χ1v) is 8.65. The predicted molar refractivity (Wildman–Crippen MR) is 102 cm³/mol. The lowest BCUT2D eigenvalue weighted by Gasteiger charge is -2.15. The Kier molecular flexibility index (Phi) is 7.54. The van der Waals surface area contributed by atoms with E-state index < -0.39 is 47.0 Å². The van der Waals surface area contributed by atoms with Crippen LogP contribution in [0, 0.1) is 34.5 Å². The number of nitrogens with one attached hydrogen (secondary N) is 1. The summed E-state index contributed by atoms with van der Waals surface area (Å²) in [5, 5.41) is 15.3. The molecule has 0 heterocycles. The minimum atomic E-state index is -5.08. The van der Waals surface area contributed by atoms with Crippen molar-refractivity contribution in [3.8, 4) is 17.2 Å². The standard InChI is InChI=1S/C18H11F5N2O2.C2HF3O2/c1-26-10-5-4-7-2-3-8(18(24)25)6-9(7)16(10)27-17-14(22)12(20)11(19)13(21)15(17)23;3-2(4,5)1(6)7/h2-6H,1H3,(H3,24,25);(H,6,7). The number of hydrogen-bond donors (Lipinski definition) is 3. The normalized spacial score (nSPS) is 11.0.